The number of anilines is 1. The van der Waals surface area contributed by atoms with Crippen molar-refractivity contribution in [2.24, 2.45) is 0 Å². The molecule has 2 aromatic rings. The molecular weight excluding hydrogens is 414 g/mol. The number of rotatable bonds is 4. The van der Waals surface area contributed by atoms with E-state index < -0.39 is 10.0 Å². The Hall–Kier alpha value is -2.67. The van der Waals surface area contributed by atoms with Crippen molar-refractivity contribution < 1.29 is 13.2 Å². The van der Waals surface area contributed by atoms with Crippen molar-refractivity contribution in [3.63, 3.8) is 0 Å². The second-order valence-electron chi connectivity index (χ2n) is 6.69. The summed E-state index contributed by atoms with van der Waals surface area (Å²) < 4.78 is 25.8. The maximum atomic E-state index is 13.0. The lowest BCUT2D eigenvalue weighted by molar-refractivity contribution is 0.0746. The van der Waals surface area contributed by atoms with Gasteiger partial charge in [0.1, 0.15) is 11.9 Å². The molecule has 152 valence electrons. The maximum Gasteiger partial charge on any atom is 0.255 e. The first-order valence-corrected chi connectivity index (χ1v) is 10.7. The number of hydrogen-bond donors (Lipinski definition) is 0. The van der Waals surface area contributed by atoms with E-state index in [1.807, 2.05) is 4.90 Å². The molecule has 1 saturated heterocycles. The number of aromatic nitrogens is 1. The highest BCUT2D eigenvalue weighted by Gasteiger charge is 2.27. The van der Waals surface area contributed by atoms with Gasteiger partial charge in [-0.15, -0.1) is 0 Å². The summed E-state index contributed by atoms with van der Waals surface area (Å²) in [4.78, 5) is 20.9. The van der Waals surface area contributed by atoms with Gasteiger partial charge in [-0.2, -0.15) is 5.26 Å². The second kappa shape index (κ2) is 8.37. The number of halogens is 1. The van der Waals surface area contributed by atoms with Crippen LogP contribution < -0.4 is 4.90 Å². The number of amides is 1. The number of sulfonamides is 1. The van der Waals surface area contributed by atoms with E-state index in [4.69, 9.17) is 11.6 Å². The van der Waals surface area contributed by atoms with Gasteiger partial charge in [0.2, 0.25) is 10.0 Å². The molecule has 0 aliphatic carbocycles. The lowest BCUT2D eigenvalue weighted by Gasteiger charge is -2.35. The molecule has 1 aliphatic heterocycles. The molecular formula is C19H20ClN5O3S. The summed E-state index contributed by atoms with van der Waals surface area (Å²) in [6.45, 7) is 1.82. The van der Waals surface area contributed by atoms with Crippen LogP contribution in [-0.2, 0) is 10.0 Å². The number of nitriles is 1. The predicted octanol–water partition coefficient (Wildman–Crippen LogP) is 1.82. The van der Waals surface area contributed by atoms with Crippen LogP contribution in [0.5, 0.6) is 0 Å². The van der Waals surface area contributed by atoms with Crippen LogP contribution in [0.4, 0.5) is 5.82 Å². The molecule has 0 bridgehead atoms. The third kappa shape index (κ3) is 4.19. The summed E-state index contributed by atoms with van der Waals surface area (Å²) in [5.74, 6) is 0.270. The van der Waals surface area contributed by atoms with Gasteiger partial charge in [-0.3, -0.25) is 4.79 Å². The number of piperazine rings is 1. The number of carbonyl (C=O) groups excluding carboxylic acids is 1. The van der Waals surface area contributed by atoms with E-state index in [0.717, 1.165) is 4.31 Å². The molecule has 0 atom stereocenters. The van der Waals surface area contributed by atoms with E-state index >= 15 is 0 Å². The van der Waals surface area contributed by atoms with Crippen LogP contribution in [0.1, 0.15) is 15.9 Å². The smallest absolute Gasteiger partial charge is 0.255 e. The van der Waals surface area contributed by atoms with Gasteiger partial charge in [0, 0.05) is 46.5 Å². The van der Waals surface area contributed by atoms with E-state index in [0.29, 0.717) is 37.6 Å². The fourth-order valence-corrected chi connectivity index (χ4v) is 4.19. The van der Waals surface area contributed by atoms with E-state index in [9.17, 15) is 18.5 Å². The Morgan fingerprint density at radius 1 is 1.21 bits per heavy atom. The molecule has 1 aliphatic rings. The standard InChI is InChI=1S/C19H20ClN5O3S/c1-23(2)29(27,28)15-5-6-17(20)16(12-15)19(26)25-10-8-24(9-11-25)18-14(13-21)4-3-7-22-18/h3-7,12H,8-11H2,1-2H3. The van der Waals surface area contributed by atoms with Crippen molar-refractivity contribution in [1.29, 1.82) is 5.26 Å². The molecule has 10 heteroatoms. The van der Waals surface area contributed by atoms with Crippen LogP contribution in [0.3, 0.4) is 0 Å². The minimum Gasteiger partial charge on any atom is -0.352 e. The zero-order valence-electron chi connectivity index (χ0n) is 16.0. The van der Waals surface area contributed by atoms with Crippen LogP contribution in [0.15, 0.2) is 41.4 Å². The minimum absolute atomic E-state index is 0.0148. The fraction of sp³-hybridized carbons (Fsp3) is 0.316. The molecule has 0 radical (unpaired) electrons. The number of pyridine rings is 1. The average Bonchev–Trinajstić information content (AvgIpc) is 2.73. The van der Waals surface area contributed by atoms with Crippen molar-refractivity contribution in [3.8, 4) is 6.07 Å². The number of carbonyl (C=O) groups is 1. The van der Waals surface area contributed by atoms with E-state index in [1.54, 1.807) is 23.2 Å². The van der Waals surface area contributed by atoms with Crippen molar-refractivity contribution in [2.75, 3.05) is 45.2 Å². The van der Waals surface area contributed by atoms with Gasteiger partial charge in [-0.1, -0.05) is 11.6 Å². The number of benzene rings is 1. The quantitative estimate of drug-likeness (QED) is 0.729. The third-order valence-electron chi connectivity index (χ3n) is 4.72. The number of hydrogen-bond acceptors (Lipinski definition) is 6. The lowest BCUT2D eigenvalue weighted by Crippen LogP contribution is -2.49. The van der Waals surface area contributed by atoms with E-state index in [2.05, 4.69) is 11.1 Å². The zero-order chi connectivity index (χ0) is 21.2. The zero-order valence-corrected chi connectivity index (χ0v) is 17.6. The first kappa shape index (κ1) is 21.0. The SMILES string of the molecule is CN(C)S(=O)(=O)c1ccc(Cl)c(C(=O)N2CCN(c3ncccc3C#N)CC2)c1. The number of nitrogens with zero attached hydrogens (tertiary/aromatic N) is 5. The highest BCUT2D eigenvalue weighted by Crippen LogP contribution is 2.25. The summed E-state index contributed by atoms with van der Waals surface area (Å²) in [5, 5.41) is 9.45. The average molecular weight is 434 g/mol. The summed E-state index contributed by atoms with van der Waals surface area (Å²) in [6, 6.07) is 9.67. The highest BCUT2D eigenvalue weighted by atomic mass is 35.5. The molecule has 8 nitrogen and oxygen atoms in total. The molecule has 1 aromatic carbocycles. The van der Waals surface area contributed by atoms with Crippen LogP contribution in [0.2, 0.25) is 5.02 Å². The Morgan fingerprint density at radius 2 is 1.90 bits per heavy atom. The Labute approximate surface area is 175 Å². The largest absolute Gasteiger partial charge is 0.352 e. The summed E-state index contributed by atoms with van der Waals surface area (Å²) in [5.41, 5.74) is 0.635. The Kier molecular flexibility index (Phi) is 6.07. The van der Waals surface area contributed by atoms with Gasteiger partial charge in [-0.05, 0) is 30.3 Å². The van der Waals surface area contributed by atoms with Crippen molar-refractivity contribution >= 4 is 33.3 Å². The van der Waals surface area contributed by atoms with Crippen molar-refractivity contribution in [2.45, 2.75) is 4.90 Å². The monoisotopic (exact) mass is 433 g/mol. The Morgan fingerprint density at radius 3 is 2.52 bits per heavy atom. The van der Waals surface area contributed by atoms with Crippen molar-refractivity contribution in [3.05, 3.63) is 52.7 Å². The summed E-state index contributed by atoms with van der Waals surface area (Å²) in [7, 11) is -0.819. The van der Waals surface area contributed by atoms with E-state index in [1.165, 1.54) is 32.3 Å². The molecule has 1 fully saturated rings. The molecule has 0 N–H and O–H groups in total. The van der Waals surface area contributed by atoms with Gasteiger partial charge < -0.3 is 9.80 Å². The van der Waals surface area contributed by atoms with E-state index in [-0.39, 0.29) is 21.4 Å². The van der Waals surface area contributed by atoms with Gasteiger partial charge in [0.15, 0.2) is 0 Å². The van der Waals surface area contributed by atoms with Crippen LogP contribution >= 0.6 is 11.6 Å². The molecule has 2 heterocycles. The van der Waals surface area contributed by atoms with Crippen LogP contribution in [0.25, 0.3) is 0 Å². The molecule has 0 spiro atoms. The first-order chi connectivity index (χ1) is 13.8. The van der Waals surface area contributed by atoms with Gasteiger partial charge in [0.05, 0.1) is 21.0 Å². The topological polar surface area (TPSA) is 97.6 Å². The van der Waals surface area contributed by atoms with Gasteiger partial charge >= 0.3 is 0 Å². The molecule has 0 saturated carbocycles. The Balaban J connectivity index is 1.79. The predicted molar refractivity (Wildman–Crippen MR) is 109 cm³/mol. The molecule has 1 aromatic heterocycles. The van der Waals surface area contributed by atoms with Crippen molar-refractivity contribution in [1.82, 2.24) is 14.2 Å². The third-order valence-corrected chi connectivity index (χ3v) is 6.86. The molecule has 0 unspecified atom stereocenters. The fourth-order valence-electron chi connectivity index (χ4n) is 3.07. The molecule has 3 rings (SSSR count). The summed E-state index contributed by atoms with van der Waals surface area (Å²) >= 11 is 6.19. The van der Waals surface area contributed by atoms with Crippen LogP contribution in [-0.4, -0.2) is 68.8 Å². The normalized spacial score (nSPS) is 14.7. The van der Waals surface area contributed by atoms with Gasteiger partial charge in [0.25, 0.3) is 5.91 Å². The summed E-state index contributed by atoms with van der Waals surface area (Å²) in [6.07, 6.45) is 1.63. The second-order valence-corrected chi connectivity index (χ2v) is 9.25. The van der Waals surface area contributed by atoms with Gasteiger partial charge in [-0.25, -0.2) is 17.7 Å². The molecule has 29 heavy (non-hydrogen) atoms. The maximum absolute atomic E-state index is 13.0. The minimum atomic E-state index is -3.68. The molecule has 1 amide bonds. The lowest BCUT2D eigenvalue weighted by atomic mass is 10.1. The van der Waals surface area contributed by atoms with Crippen LogP contribution in [0, 0.1) is 11.3 Å². The Bertz CT molecular complexity index is 1070. The highest BCUT2D eigenvalue weighted by molar-refractivity contribution is 7.89. The first-order valence-electron chi connectivity index (χ1n) is 8.87.